The SMILES string of the molecule is Fc1ccc2c(c1CNc1ncc(Br)c3cnncc13)CCO2. The number of nitrogens with one attached hydrogen (secondary N) is 1. The minimum atomic E-state index is -0.233. The standard InChI is InChI=1S/C16H12BrFN4O/c17-13-8-20-16(12-7-22-21-6-10(12)13)19-5-11-9-3-4-23-15(9)2-1-14(11)18/h1-2,6-8H,3-5H2,(H,19,20). The van der Waals surface area contributed by atoms with Crippen LogP contribution in [-0.2, 0) is 13.0 Å². The molecule has 0 radical (unpaired) electrons. The quantitative estimate of drug-likeness (QED) is 0.760. The van der Waals surface area contributed by atoms with Gasteiger partial charge in [0.15, 0.2) is 0 Å². The van der Waals surface area contributed by atoms with E-state index in [1.54, 1.807) is 24.7 Å². The number of benzene rings is 1. The number of ether oxygens (including phenoxy) is 1. The minimum absolute atomic E-state index is 0.233. The van der Waals surface area contributed by atoms with E-state index in [1.165, 1.54) is 6.07 Å². The van der Waals surface area contributed by atoms with Gasteiger partial charge in [-0.05, 0) is 28.1 Å². The van der Waals surface area contributed by atoms with Gasteiger partial charge in [0.25, 0.3) is 0 Å². The maximum absolute atomic E-state index is 14.2. The summed E-state index contributed by atoms with van der Waals surface area (Å²) in [6, 6.07) is 3.13. The summed E-state index contributed by atoms with van der Waals surface area (Å²) >= 11 is 3.44. The lowest BCUT2D eigenvalue weighted by atomic mass is 10.0. The normalized spacial score (nSPS) is 13.0. The molecule has 2 aromatic heterocycles. The molecule has 0 saturated carbocycles. The van der Waals surface area contributed by atoms with Gasteiger partial charge in [-0.2, -0.15) is 10.2 Å². The van der Waals surface area contributed by atoms with Crippen LogP contribution in [0.2, 0.25) is 0 Å². The molecule has 4 rings (SSSR count). The Bertz CT molecular complexity index is 903. The molecule has 1 aromatic carbocycles. The van der Waals surface area contributed by atoms with Crippen molar-refractivity contribution in [1.29, 1.82) is 0 Å². The van der Waals surface area contributed by atoms with E-state index in [2.05, 4.69) is 36.4 Å². The monoisotopic (exact) mass is 374 g/mol. The lowest BCUT2D eigenvalue weighted by Gasteiger charge is -2.12. The van der Waals surface area contributed by atoms with Crippen molar-refractivity contribution in [3.8, 4) is 5.75 Å². The van der Waals surface area contributed by atoms with E-state index in [4.69, 9.17) is 4.74 Å². The summed E-state index contributed by atoms with van der Waals surface area (Å²) in [5, 5.41) is 12.7. The van der Waals surface area contributed by atoms with Crippen LogP contribution in [0.4, 0.5) is 10.2 Å². The number of hydrogen-bond donors (Lipinski definition) is 1. The summed E-state index contributed by atoms with van der Waals surface area (Å²) in [6.07, 6.45) is 5.73. The van der Waals surface area contributed by atoms with Crippen LogP contribution in [0.5, 0.6) is 5.75 Å². The number of rotatable bonds is 3. The van der Waals surface area contributed by atoms with E-state index in [1.807, 2.05) is 0 Å². The lowest BCUT2D eigenvalue weighted by Crippen LogP contribution is -2.07. The Morgan fingerprint density at radius 2 is 2.00 bits per heavy atom. The van der Waals surface area contributed by atoms with E-state index >= 15 is 0 Å². The van der Waals surface area contributed by atoms with Crippen LogP contribution in [0, 0.1) is 5.82 Å². The van der Waals surface area contributed by atoms with Crippen LogP contribution in [0.15, 0.2) is 35.2 Å². The van der Waals surface area contributed by atoms with E-state index < -0.39 is 0 Å². The van der Waals surface area contributed by atoms with Gasteiger partial charge in [0.2, 0.25) is 0 Å². The number of hydrogen-bond acceptors (Lipinski definition) is 5. The fourth-order valence-corrected chi connectivity index (χ4v) is 3.20. The molecule has 3 aromatic rings. The van der Waals surface area contributed by atoms with Crippen molar-refractivity contribution in [2.45, 2.75) is 13.0 Å². The van der Waals surface area contributed by atoms with Crippen molar-refractivity contribution in [2.75, 3.05) is 11.9 Å². The summed E-state index contributed by atoms with van der Waals surface area (Å²) in [5.41, 5.74) is 1.55. The lowest BCUT2D eigenvalue weighted by molar-refractivity contribution is 0.356. The minimum Gasteiger partial charge on any atom is -0.493 e. The summed E-state index contributed by atoms with van der Waals surface area (Å²) in [5.74, 6) is 1.18. The van der Waals surface area contributed by atoms with Crippen LogP contribution in [-0.4, -0.2) is 21.8 Å². The van der Waals surface area contributed by atoms with Crippen molar-refractivity contribution in [3.63, 3.8) is 0 Å². The van der Waals surface area contributed by atoms with Gasteiger partial charge in [-0.3, -0.25) is 0 Å². The maximum atomic E-state index is 14.2. The van der Waals surface area contributed by atoms with Gasteiger partial charge in [-0.1, -0.05) is 0 Å². The van der Waals surface area contributed by atoms with Gasteiger partial charge in [-0.15, -0.1) is 0 Å². The van der Waals surface area contributed by atoms with Crippen molar-refractivity contribution in [1.82, 2.24) is 15.2 Å². The fraction of sp³-hybridized carbons (Fsp3) is 0.188. The molecule has 1 aliphatic heterocycles. The van der Waals surface area contributed by atoms with Crippen LogP contribution < -0.4 is 10.1 Å². The molecule has 0 unspecified atom stereocenters. The van der Waals surface area contributed by atoms with Crippen molar-refractivity contribution in [2.24, 2.45) is 0 Å². The van der Waals surface area contributed by atoms with Gasteiger partial charge >= 0.3 is 0 Å². The molecule has 116 valence electrons. The van der Waals surface area contributed by atoms with Gasteiger partial charge in [0, 0.05) is 45.5 Å². The molecule has 0 bridgehead atoms. The first kappa shape index (κ1) is 14.3. The van der Waals surface area contributed by atoms with E-state index in [-0.39, 0.29) is 5.82 Å². The summed E-state index contributed by atoms with van der Waals surface area (Å²) in [6.45, 7) is 0.936. The maximum Gasteiger partial charge on any atom is 0.135 e. The molecule has 0 atom stereocenters. The zero-order valence-corrected chi connectivity index (χ0v) is 13.6. The van der Waals surface area contributed by atoms with E-state index in [0.717, 1.165) is 33.0 Å². The molecule has 3 heterocycles. The topological polar surface area (TPSA) is 59.9 Å². The van der Waals surface area contributed by atoms with Crippen LogP contribution in [0.25, 0.3) is 10.8 Å². The Hall–Kier alpha value is -2.28. The van der Waals surface area contributed by atoms with Crippen molar-refractivity contribution >= 4 is 32.5 Å². The Balaban J connectivity index is 1.69. The van der Waals surface area contributed by atoms with Gasteiger partial charge in [0.05, 0.1) is 19.0 Å². The number of pyridine rings is 1. The van der Waals surface area contributed by atoms with Crippen molar-refractivity contribution < 1.29 is 9.13 Å². The first-order valence-electron chi connectivity index (χ1n) is 7.16. The van der Waals surface area contributed by atoms with Crippen LogP contribution >= 0.6 is 15.9 Å². The predicted molar refractivity (Wildman–Crippen MR) is 88.0 cm³/mol. The Morgan fingerprint density at radius 1 is 1.17 bits per heavy atom. The highest BCUT2D eigenvalue weighted by molar-refractivity contribution is 9.10. The molecule has 7 heteroatoms. The smallest absolute Gasteiger partial charge is 0.135 e. The number of aromatic nitrogens is 3. The summed E-state index contributed by atoms with van der Waals surface area (Å²) in [4.78, 5) is 4.37. The highest BCUT2D eigenvalue weighted by atomic mass is 79.9. The summed E-state index contributed by atoms with van der Waals surface area (Å²) < 4.78 is 20.5. The third kappa shape index (κ3) is 2.50. The average Bonchev–Trinajstić information content (AvgIpc) is 3.05. The molecule has 1 aliphatic rings. The second-order valence-electron chi connectivity index (χ2n) is 5.23. The fourth-order valence-electron chi connectivity index (χ4n) is 2.78. The number of fused-ring (bicyclic) bond motifs is 2. The number of halogens is 2. The second kappa shape index (κ2) is 5.73. The average molecular weight is 375 g/mol. The van der Waals surface area contributed by atoms with Gasteiger partial charge in [-0.25, -0.2) is 9.37 Å². The molecule has 0 spiro atoms. The zero-order chi connectivity index (χ0) is 15.8. The summed E-state index contributed by atoms with van der Waals surface area (Å²) in [7, 11) is 0. The molecule has 5 nitrogen and oxygen atoms in total. The Morgan fingerprint density at radius 3 is 2.87 bits per heavy atom. The highest BCUT2D eigenvalue weighted by Crippen LogP contribution is 2.31. The first-order valence-corrected chi connectivity index (χ1v) is 7.95. The molecule has 1 N–H and O–H groups in total. The predicted octanol–water partition coefficient (Wildman–Crippen LogP) is 3.47. The zero-order valence-electron chi connectivity index (χ0n) is 12.0. The van der Waals surface area contributed by atoms with Crippen LogP contribution in [0.1, 0.15) is 11.1 Å². The third-order valence-corrected chi connectivity index (χ3v) is 4.56. The van der Waals surface area contributed by atoms with Crippen LogP contribution in [0.3, 0.4) is 0 Å². The molecule has 0 saturated heterocycles. The highest BCUT2D eigenvalue weighted by Gasteiger charge is 2.19. The van der Waals surface area contributed by atoms with Gasteiger partial charge in [0.1, 0.15) is 17.4 Å². The molecular formula is C16H12BrFN4O. The molecule has 0 amide bonds. The first-order chi connectivity index (χ1) is 11.2. The van der Waals surface area contributed by atoms with Gasteiger partial charge < -0.3 is 10.1 Å². The Labute approximate surface area is 140 Å². The molecule has 0 fully saturated rings. The third-order valence-electron chi connectivity index (χ3n) is 3.92. The Kier molecular flexibility index (Phi) is 3.57. The molecular weight excluding hydrogens is 363 g/mol. The number of anilines is 1. The van der Waals surface area contributed by atoms with E-state index in [9.17, 15) is 4.39 Å². The number of nitrogens with zero attached hydrogens (tertiary/aromatic N) is 3. The molecule has 0 aliphatic carbocycles. The second-order valence-corrected chi connectivity index (χ2v) is 6.08. The largest absolute Gasteiger partial charge is 0.493 e. The molecule has 23 heavy (non-hydrogen) atoms. The van der Waals surface area contributed by atoms with E-state index in [0.29, 0.717) is 24.5 Å². The van der Waals surface area contributed by atoms with Crippen molar-refractivity contribution in [3.05, 3.63) is 52.1 Å².